The van der Waals surface area contributed by atoms with Crippen molar-refractivity contribution >= 4 is 34.1 Å². The number of aromatic nitrogens is 3. The van der Waals surface area contributed by atoms with E-state index in [-0.39, 0.29) is 0 Å². The number of thiophene rings is 2. The van der Waals surface area contributed by atoms with Crippen molar-refractivity contribution in [1.82, 2.24) is 14.6 Å². The highest BCUT2D eigenvalue weighted by Crippen LogP contribution is 2.30. The van der Waals surface area contributed by atoms with Gasteiger partial charge in [-0.2, -0.15) is 9.61 Å². The van der Waals surface area contributed by atoms with E-state index in [1.807, 2.05) is 23.0 Å². The third-order valence-corrected chi connectivity index (χ3v) is 5.38. The van der Waals surface area contributed by atoms with Gasteiger partial charge in [-0.1, -0.05) is 6.07 Å². The van der Waals surface area contributed by atoms with Crippen LogP contribution in [-0.4, -0.2) is 14.6 Å². The highest BCUT2D eigenvalue weighted by atomic mass is 32.1. The zero-order valence-electron chi connectivity index (χ0n) is 12.0. The van der Waals surface area contributed by atoms with Crippen molar-refractivity contribution in [2.75, 3.05) is 5.32 Å². The summed E-state index contributed by atoms with van der Waals surface area (Å²) in [7, 11) is 0. The average molecular weight is 326 g/mol. The summed E-state index contributed by atoms with van der Waals surface area (Å²) in [6.07, 6.45) is 3.72. The smallest absolute Gasteiger partial charge is 0.166 e. The van der Waals surface area contributed by atoms with Crippen LogP contribution in [0.3, 0.4) is 0 Å². The maximum absolute atomic E-state index is 4.51. The lowest BCUT2D eigenvalue weighted by Crippen LogP contribution is -2.04. The molecule has 22 heavy (non-hydrogen) atoms. The van der Waals surface area contributed by atoms with E-state index < -0.39 is 0 Å². The first-order valence-electron chi connectivity index (χ1n) is 6.96. The Morgan fingerprint density at radius 3 is 3.00 bits per heavy atom. The first-order valence-corrected chi connectivity index (χ1v) is 8.72. The molecule has 0 amide bonds. The van der Waals surface area contributed by atoms with Crippen LogP contribution in [0, 0.1) is 6.92 Å². The molecule has 0 aliphatic rings. The highest BCUT2D eigenvalue weighted by Gasteiger charge is 2.11. The van der Waals surface area contributed by atoms with Crippen molar-refractivity contribution in [3.8, 4) is 10.4 Å². The van der Waals surface area contributed by atoms with Crippen LogP contribution in [0.4, 0.5) is 5.82 Å². The maximum Gasteiger partial charge on any atom is 0.166 e. The van der Waals surface area contributed by atoms with E-state index in [0.29, 0.717) is 0 Å². The lowest BCUT2D eigenvalue weighted by molar-refractivity contribution is 0.928. The van der Waals surface area contributed by atoms with Crippen molar-refractivity contribution in [1.29, 1.82) is 0 Å². The van der Waals surface area contributed by atoms with Crippen molar-refractivity contribution in [3.05, 3.63) is 57.9 Å². The van der Waals surface area contributed by atoms with E-state index >= 15 is 0 Å². The largest absolute Gasteiger partial charge is 0.365 e. The molecule has 0 unspecified atom stereocenters. The number of rotatable bonds is 4. The molecule has 0 saturated carbocycles. The monoisotopic (exact) mass is 326 g/mol. The molecule has 0 radical (unpaired) electrons. The number of anilines is 1. The normalized spacial score (nSPS) is 11.1. The van der Waals surface area contributed by atoms with Crippen molar-refractivity contribution in [3.63, 3.8) is 0 Å². The number of nitrogens with zero attached hydrogens (tertiary/aromatic N) is 3. The Balaban J connectivity index is 1.70. The van der Waals surface area contributed by atoms with Gasteiger partial charge in [-0.3, -0.25) is 0 Å². The molecule has 6 heteroatoms. The van der Waals surface area contributed by atoms with Gasteiger partial charge in [-0.05, 0) is 41.4 Å². The third kappa shape index (κ3) is 2.40. The van der Waals surface area contributed by atoms with Gasteiger partial charge in [0.15, 0.2) is 5.65 Å². The van der Waals surface area contributed by atoms with Crippen LogP contribution in [0.5, 0.6) is 0 Å². The highest BCUT2D eigenvalue weighted by molar-refractivity contribution is 7.13. The van der Waals surface area contributed by atoms with Crippen molar-refractivity contribution in [2.24, 2.45) is 0 Å². The van der Waals surface area contributed by atoms with Gasteiger partial charge in [0, 0.05) is 16.0 Å². The topological polar surface area (TPSA) is 42.2 Å². The van der Waals surface area contributed by atoms with Crippen LogP contribution in [0.2, 0.25) is 0 Å². The average Bonchev–Trinajstić information content (AvgIpc) is 3.25. The van der Waals surface area contributed by atoms with Gasteiger partial charge in [-0.25, -0.2) is 4.98 Å². The molecule has 4 nitrogen and oxygen atoms in total. The molecule has 0 aliphatic carbocycles. The molecular formula is C16H14N4S2. The predicted octanol–water partition coefficient (Wildman–Crippen LogP) is 4.44. The number of hydrogen-bond donors (Lipinski definition) is 1. The van der Waals surface area contributed by atoms with E-state index in [0.717, 1.165) is 23.6 Å². The Labute approximate surface area is 136 Å². The van der Waals surface area contributed by atoms with Crippen molar-refractivity contribution in [2.45, 2.75) is 13.5 Å². The minimum Gasteiger partial charge on any atom is -0.365 e. The fourth-order valence-corrected chi connectivity index (χ4v) is 3.91. The van der Waals surface area contributed by atoms with Crippen LogP contribution >= 0.6 is 22.7 Å². The summed E-state index contributed by atoms with van der Waals surface area (Å²) in [5.41, 5.74) is 3.24. The van der Waals surface area contributed by atoms with Gasteiger partial charge in [0.25, 0.3) is 0 Å². The molecule has 110 valence electrons. The van der Waals surface area contributed by atoms with Gasteiger partial charge < -0.3 is 5.32 Å². The van der Waals surface area contributed by atoms with E-state index in [9.17, 15) is 0 Å². The Bertz CT molecular complexity index is 905. The lowest BCUT2D eigenvalue weighted by atomic mass is 10.2. The molecule has 4 rings (SSSR count). The Morgan fingerprint density at radius 1 is 1.27 bits per heavy atom. The van der Waals surface area contributed by atoms with Crippen molar-refractivity contribution < 1.29 is 0 Å². The zero-order valence-corrected chi connectivity index (χ0v) is 13.6. The number of nitrogens with one attached hydrogen (secondary N) is 1. The second-order valence-electron chi connectivity index (χ2n) is 5.04. The lowest BCUT2D eigenvalue weighted by Gasteiger charge is -2.06. The fraction of sp³-hybridized carbons (Fsp3) is 0.125. The fourth-order valence-electron chi connectivity index (χ4n) is 2.36. The van der Waals surface area contributed by atoms with Gasteiger partial charge in [-0.15, -0.1) is 22.7 Å². The minimum absolute atomic E-state index is 0.796. The van der Waals surface area contributed by atoms with Gasteiger partial charge in [0.2, 0.25) is 0 Å². The number of aryl methyl sites for hydroxylation is 1. The summed E-state index contributed by atoms with van der Waals surface area (Å²) in [4.78, 5) is 7.00. The van der Waals surface area contributed by atoms with Crippen LogP contribution in [0.15, 0.2) is 47.4 Å². The second-order valence-corrected chi connectivity index (χ2v) is 6.99. The molecule has 0 saturated heterocycles. The summed E-state index contributed by atoms with van der Waals surface area (Å²) < 4.78 is 1.87. The van der Waals surface area contributed by atoms with Gasteiger partial charge in [0.1, 0.15) is 5.82 Å². The first kappa shape index (κ1) is 13.5. The minimum atomic E-state index is 0.796. The Morgan fingerprint density at radius 2 is 2.23 bits per heavy atom. The van der Waals surface area contributed by atoms with Crippen LogP contribution in [0.25, 0.3) is 16.1 Å². The summed E-state index contributed by atoms with van der Waals surface area (Å²) in [6.45, 7) is 2.90. The molecule has 0 atom stereocenters. The van der Waals surface area contributed by atoms with Crippen LogP contribution in [0.1, 0.15) is 10.4 Å². The molecule has 0 aromatic carbocycles. The summed E-state index contributed by atoms with van der Waals surface area (Å²) in [6, 6.07) is 8.32. The SMILES string of the molecule is Cc1csc(-c2cnn3c(NCc4cccs4)ccnc23)c1. The third-order valence-electron chi connectivity index (χ3n) is 3.42. The van der Waals surface area contributed by atoms with Crippen LogP contribution in [-0.2, 0) is 6.54 Å². The summed E-state index contributed by atoms with van der Waals surface area (Å²) in [5, 5.41) is 12.2. The molecule has 4 aromatic rings. The molecule has 0 aliphatic heterocycles. The number of fused-ring (bicyclic) bond motifs is 1. The standard InChI is InChI=1S/C16H14N4S2/c1-11-7-14(22-10-11)13-9-19-20-15(4-5-17-16(13)20)18-8-12-3-2-6-21-12/h2-7,9-10,18H,8H2,1H3. The molecule has 0 bridgehead atoms. The van der Waals surface area contributed by atoms with E-state index in [4.69, 9.17) is 0 Å². The second kappa shape index (κ2) is 5.55. The molecular weight excluding hydrogens is 312 g/mol. The summed E-state index contributed by atoms with van der Waals surface area (Å²) in [5.74, 6) is 0.956. The van der Waals surface area contributed by atoms with E-state index in [1.165, 1.54) is 15.3 Å². The van der Waals surface area contributed by atoms with Gasteiger partial charge in [0.05, 0.1) is 18.3 Å². The molecule has 1 N–H and O–H groups in total. The van der Waals surface area contributed by atoms with E-state index in [2.05, 4.69) is 51.3 Å². The Kier molecular flexibility index (Phi) is 3.40. The maximum atomic E-state index is 4.51. The molecule has 0 fully saturated rings. The quantitative estimate of drug-likeness (QED) is 0.603. The molecule has 4 heterocycles. The first-order chi connectivity index (χ1) is 10.8. The number of hydrogen-bond acceptors (Lipinski definition) is 5. The Hall–Kier alpha value is -2.18. The summed E-state index contributed by atoms with van der Waals surface area (Å²) >= 11 is 3.47. The van der Waals surface area contributed by atoms with Gasteiger partial charge >= 0.3 is 0 Å². The van der Waals surface area contributed by atoms with E-state index in [1.54, 1.807) is 22.7 Å². The molecule has 4 aromatic heterocycles. The predicted molar refractivity (Wildman–Crippen MR) is 92.7 cm³/mol. The molecule has 0 spiro atoms. The zero-order chi connectivity index (χ0) is 14.9. The van der Waals surface area contributed by atoms with Crippen LogP contribution < -0.4 is 5.32 Å².